The van der Waals surface area contributed by atoms with Crippen molar-refractivity contribution >= 4 is 31.6 Å². The highest BCUT2D eigenvalue weighted by atomic mass is 79.9. The van der Waals surface area contributed by atoms with Gasteiger partial charge in [-0.3, -0.25) is 0 Å². The Morgan fingerprint density at radius 3 is 2.86 bits per heavy atom. The maximum absolute atomic E-state index is 13.3. The molecule has 1 heterocycles. The Morgan fingerprint density at radius 2 is 2.19 bits per heavy atom. The first kappa shape index (κ1) is 16.7. The predicted octanol–water partition coefficient (Wildman–Crippen LogP) is 1.93. The number of nitrogens with two attached hydrogens (primary N) is 1. The first-order chi connectivity index (χ1) is 9.81. The molecule has 0 bridgehead atoms. The van der Waals surface area contributed by atoms with Gasteiger partial charge in [-0.25, -0.2) is 17.5 Å². The van der Waals surface area contributed by atoms with Crippen LogP contribution in [0.3, 0.4) is 0 Å². The molecule has 21 heavy (non-hydrogen) atoms. The lowest BCUT2D eigenvalue weighted by molar-refractivity contribution is 0.187. The number of rotatable bonds is 4. The molecule has 5 nitrogen and oxygen atoms in total. The zero-order chi connectivity index (χ0) is 15.6. The molecule has 1 aliphatic rings. The summed E-state index contributed by atoms with van der Waals surface area (Å²) in [6, 6.07) is 2.38. The molecule has 0 aromatic heterocycles. The van der Waals surface area contributed by atoms with E-state index in [0.29, 0.717) is 6.54 Å². The van der Waals surface area contributed by atoms with Gasteiger partial charge in [0, 0.05) is 17.1 Å². The zero-order valence-electron chi connectivity index (χ0n) is 11.8. The molecule has 1 atom stereocenters. The molecule has 2 rings (SSSR count). The maximum atomic E-state index is 13.3. The van der Waals surface area contributed by atoms with E-state index >= 15 is 0 Å². The van der Waals surface area contributed by atoms with Crippen molar-refractivity contribution in [1.29, 1.82) is 0 Å². The summed E-state index contributed by atoms with van der Waals surface area (Å²) in [5.41, 5.74) is 5.26. The Balaban J connectivity index is 2.13. The lowest BCUT2D eigenvalue weighted by atomic mass is 10.0. The fraction of sp³-hybridized carbons (Fsp3) is 0.538. The van der Waals surface area contributed by atoms with Crippen LogP contribution in [0, 0.1) is 5.82 Å². The van der Waals surface area contributed by atoms with Crippen molar-refractivity contribution in [3.8, 4) is 0 Å². The minimum atomic E-state index is -3.72. The highest BCUT2D eigenvalue weighted by molar-refractivity contribution is 9.10. The van der Waals surface area contributed by atoms with Crippen molar-refractivity contribution in [2.75, 3.05) is 25.9 Å². The fourth-order valence-corrected chi connectivity index (χ4v) is 4.56. The van der Waals surface area contributed by atoms with Crippen LogP contribution in [-0.4, -0.2) is 39.5 Å². The molecule has 1 fully saturated rings. The minimum Gasteiger partial charge on any atom is -0.396 e. The lowest BCUT2D eigenvalue weighted by Crippen LogP contribution is -2.44. The van der Waals surface area contributed by atoms with Gasteiger partial charge in [0.1, 0.15) is 5.82 Å². The summed E-state index contributed by atoms with van der Waals surface area (Å²) < 4.78 is 40.7. The summed E-state index contributed by atoms with van der Waals surface area (Å²) in [6.45, 7) is 1.31. The Kier molecular flexibility index (Phi) is 5.24. The van der Waals surface area contributed by atoms with Gasteiger partial charge in [-0.05, 0) is 54.5 Å². The molecule has 118 valence electrons. The van der Waals surface area contributed by atoms with Crippen LogP contribution in [0.15, 0.2) is 21.5 Å². The number of hydrogen-bond donors (Lipinski definition) is 2. The third kappa shape index (κ3) is 3.94. The van der Waals surface area contributed by atoms with Gasteiger partial charge in [-0.2, -0.15) is 0 Å². The third-order valence-corrected chi connectivity index (χ3v) is 6.15. The standard InChI is InChI=1S/C13H19BrFN3O2S/c1-18-5-3-2-4-9(18)8-17-21(19,20)13-7-12(16)11(15)6-10(13)14/h6-7,9,17H,2-5,8,16H2,1H3. The topological polar surface area (TPSA) is 75.4 Å². The Morgan fingerprint density at radius 1 is 1.48 bits per heavy atom. The average molecular weight is 380 g/mol. The molecule has 1 saturated heterocycles. The van der Waals surface area contributed by atoms with Gasteiger partial charge in [0.15, 0.2) is 0 Å². The number of nitrogens with one attached hydrogen (secondary N) is 1. The van der Waals surface area contributed by atoms with E-state index in [-0.39, 0.29) is 21.1 Å². The number of halogens is 2. The lowest BCUT2D eigenvalue weighted by Gasteiger charge is -2.32. The van der Waals surface area contributed by atoms with E-state index in [4.69, 9.17) is 5.73 Å². The quantitative estimate of drug-likeness (QED) is 0.783. The average Bonchev–Trinajstić information content (AvgIpc) is 2.42. The zero-order valence-corrected chi connectivity index (χ0v) is 14.2. The SMILES string of the molecule is CN1CCCCC1CNS(=O)(=O)c1cc(N)c(F)cc1Br. The van der Waals surface area contributed by atoms with E-state index in [0.717, 1.165) is 37.9 Å². The molecule has 1 aliphatic heterocycles. The Bertz CT molecular complexity index is 624. The molecule has 1 unspecified atom stereocenters. The summed E-state index contributed by atoms with van der Waals surface area (Å²) >= 11 is 3.07. The number of likely N-dealkylation sites (N-methyl/N-ethyl adjacent to an activating group) is 1. The van der Waals surface area contributed by atoms with Gasteiger partial charge in [0.2, 0.25) is 10.0 Å². The maximum Gasteiger partial charge on any atom is 0.241 e. The molecule has 8 heteroatoms. The number of likely N-dealkylation sites (tertiary alicyclic amines) is 1. The van der Waals surface area contributed by atoms with Crippen molar-refractivity contribution < 1.29 is 12.8 Å². The van der Waals surface area contributed by atoms with E-state index in [9.17, 15) is 12.8 Å². The first-order valence-corrected chi connectivity index (χ1v) is 9.03. The summed E-state index contributed by atoms with van der Waals surface area (Å²) in [4.78, 5) is 2.11. The van der Waals surface area contributed by atoms with Crippen LogP contribution in [0.4, 0.5) is 10.1 Å². The van der Waals surface area contributed by atoms with Gasteiger partial charge in [0.05, 0.1) is 10.6 Å². The molecule has 3 N–H and O–H groups in total. The molecule has 0 radical (unpaired) electrons. The van der Waals surface area contributed by atoms with Gasteiger partial charge >= 0.3 is 0 Å². The summed E-state index contributed by atoms with van der Waals surface area (Å²) in [7, 11) is -1.73. The molecular weight excluding hydrogens is 361 g/mol. The second-order valence-corrected chi connectivity index (χ2v) is 7.88. The molecule has 0 amide bonds. The molecular formula is C13H19BrFN3O2S. The molecule has 0 saturated carbocycles. The van der Waals surface area contributed by atoms with Gasteiger partial charge in [-0.15, -0.1) is 0 Å². The van der Waals surface area contributed by atoms with E-state index in [1.54, 1.807) is 0 Å². The van der Waals surface area contributed by atoms with Crippen molar-refractivity contribution in [1.82, 2.24) is 9.62 Å². The summed E-state index contributed by atoms with van der Waals surface area (Å²) in [6.07, 6.45) is 3.20. The Hall–Kier alpha value is -0.700. The van der Waals surface area contributed by atoms with Gasteiger partial charge in [0.25, 0.3) is 0 Å². The number of hydrogen-bond acceptors (Lipinski definition) is 4. The van der Waals surface area contributed by atoms with Gasteiger partial charge in [-0.1, -0.05) is 6.42 Å². The minimum absolute atomic E-state index is 0.0418. The number of nitrogen functional groups attached to an aromatic ring is 1. The van der Waals surface area contributed by atoms with Crippen molar-refractivity contribution in [2.45, 2.75) is 30.2 Å². The third-order valence-electron chi connectivity index (χ3n) is 3.77. The fourth-order valence-electron chi connectivity index (χ4n) is 2.44. The number of nitrogens with zero attached hydrogens (tertiary/aromatic N) is 1. The van der Waals surface area contributed by atoms with E-state index in [1.165, 1.54) is 0 Å². The van der Waals surface area contributed by atoms with Gasteiger partial charge < -0.3 is 10.6 Å². The van der Waals surface area contributed by atoms with Crippen LogP contribution in [0.5, 0.6) is 0 Å². The summed E-state index contributed by atoms with van der Waals surface area (Å²) in [5.74, 6) is -0.646. The number of benzene rings is 1. The van der Waals surface area contributed by atoms with Crippen LogP contribution < -0.4 is 10.5 Å². The smallest absolute Gasteiger partial charge is 0.241 e. The van der Waals surface area contributed by atoms with E-state index in [1.807, 2.05) is 7.05 Å². The number of sulfonamides is 1. The first-order valence-electron chi connectivity index (χ1n) is 6.75. The molecule has 1 aromatic rings. The largest absolute Gasteiger partial charge is 0.396 e. The predicted molar refractivity (Wildman–Crippen MR) is 84.0 cm³/mol. The molecule has 1 aromatic carbocycles. The normalized spacial score (nSPS) is 20.6. The molecule has 0 aliphatic carbocycles. The van der Waals surface area contributed by atoms with Crippen molar-refractivity contribution in [3.05, 3.63) is 22.4 Å². The van der Waals surface area contributed by atoms with Crippen molar-refractivity contribution in [2.24, 2.45) is 0 Å². The monoisotopic (exact) mass is 379 g/mol. The highest BCUT2D eigenvalue weighted by Gasteiger charge is 2.24. The van der Waals surface area contributed by atoms with Crippen LogP contribution in [0.1, 0.15) is 19.3 Å². The van der Waals surface area contributed by atoms with Crippen molar-refractivity contribution in [3.63, 3.8) is 0 Å². The highest BCUT2D eigenvalue weighted by Crippen LogP contribution is 2.26. The number of piperidine rings is 1. The second-order valence-electron chi connectivity index (χ2n) is 5.29. The Labute approximate surface area is 132 Å². The van der Waals surface area contributed by atoms with Crippen LogP contribution in [-0.2, 0) is 10.0 Å². The van der Waals surface area contributed by atoms with Crippen LogP contribution in [0.25, 0.3) is 0 Å². The van der Waals surface area contributed by atoms with E-state index < -0.39 is 15.8 Å². The second kappa shape index (κ2) is 6.60. The molecule has 0 spiro atoms. The van der Waals surface area contributed by atoms with E-state index in [2.05, 4.69) is 25.6 Å². The summed E-state index contributed by atoms with van der Waals surface area (Å²) in [5, 5.41) is 0. The van der Waals surface area contributed by atoms with Crippen LogP contribution in [0.2, 0.25) is 0 Å². The number of anilines is 1. The van der Waals surface area contributed by atoms with Crippen LogP contribution >= 0.6 is 15.9 Å².